The van der Waals surface area contributed by atoms with Crippen LogP contribution >= 0.6 is 12.6 Å². The third kappa shape index (κ3) is 3.25. The van der Waals surface area contributed by atoms with E-state index in [1.165, 1.54) is 12.1 Å². The molecule has 0 amide bonds. The van der Waals surface area contributed by atoms with Gasteiger partial charge >= 0.3 is 11.5 Å². The number of nitro groups is 1. The summed E-state index contributed by atoms with van der Waals surface area (Å²) in [6, 6.07) is 25.5. The maximum absolute atomic E-state index is 13.6. The first-order valence-corrected chi connectivity index (χ1v) is 10.6. The predicted molar refractivity (Wildman–Crippen MR) is 125 cm³/mol. The van der Waals surface area contributed by atoms with Crippen molar-refractivity contribution < 1.29 is 9.49 Å². The van der Waals surface area contributed by atoms with E-state index in [0.717, 1.165) is 11.3 Å². The van der Waals surface area contributed by atoms with E-state index in [9.17, 15) is 14.9 Å². The van der Waals surface area contributed by atoms with Crippen molar-refractivity contribution in [3.05, 3.63) is 105 Å². The first-order valence-electron chi connectivity index (χ1n) is 10.1. The molecule has 0 aliphatic carbocycles. The summed E-state index contributed by atoms with van der Waals surface area (Å²) in [5, 5.41) is 11.6. The van der Waals surface area contributed by atoms with E-state index in [0.29, 0.717) is 35.3 Å². The number of nitro benzene ring substituents is 1. The van der Waals surface area contributed by atoms with E-state index < -0.39 is 4.92 Å². The van der Waals surface area contributed by atoms with Crippen molar-refractivity contribution in [3.63, 3.8) is 0 Å². The average Bonchev–Trinajstić information content (AvgIpc) is 3.26. The van der Waals surface area contributed by atoms with E-state index in [-0.39, 0.29) is 11.2 Å². The lowest BCUT2D eigenvalue weighted by atomic mass is 10.1. The highest BCUT2D eigenvalue weighted by Crippen LogP contribution is 2.31. The number of benzene rings is 3. The topological polar surface area (TPSA) is 72.3 Å². The quantitative estimate of drug-likeness (QED) is 0.169. The van der Waals surface area contributed by atoms with Crippen LogP contribution < -0.4 is 15.0 Å². The first-order chi connectivity index (χ1) is 15.6. The van der Waals surface area contributed by atoms with E-state index in [2.05, 4.69) is 4.90 Å². The number of nitrogens with zero attached hydrogens (tertiary/aromatic N) is 4. The van der Waals surface area contributed by atoms with Gasteiger partial charge < -0.3 is 0 Å². The second-order valence-corrected chi connectivity index (χ2v) is 7.84. The highest BCUT2D eigenvalue weighted by molar-refractivity contribution is 7.80. The van der Waals surface area contributed by atoms with Gasteiger partial charge in [0.15, 0.2) is 5.03 Å². The summed E-state index contributed by atoms with van der Waals surface area (Å²) in [6.07, 6.45) is 0. The molecule has 32 heavy (non-hydrogen) atoms. The van der Waals surface area contributed by atoms with E-state index >= 15 is 0 Å². The van der Waals surface area contributed by atoms with Crippen molar-refractivity contribution in [1.29, 1.82) is 0 Å². The molecule has 0 saturated heterocycles. The third-order valence-corrected chi connectivity index (χ3v) is 6.00. The van der Waals surface area contributed by atoms with Crippen LogP contribution in [0.4, 0.5) is 17.3 Å². The molecule has 3 aromatic carbocycles. The summed E-state index contributed by atoms with van der Waals surface area (Å²) < 4.78 is 3.63. The van der Waals surface area contributed by atoms with Gasteiger partial charge in [-0.1, -0.05) is 48.5 Å². The normalized spacial score (nSPS) is 12.6. The number of anilines is 2. The maximum atomic E-state index is 13.6. The molecule has 4 aromatic rings. The molecule has 7 nitrogen and oxygen atoms in total. The summed E-state index contributed by atoms with van der Waals surface area (Å²) in [4.78, 5) is 26.4. The minimum absolute atomic E-state index is 0.00278. The molecule has 1 aliphatic heterocycles. The number of rotatable bonds is 4. The smallest absolute Gasteiger partial charge is 0.258 e. The van der Waals surface area contributed by atoms with Crippen molar-refractivity contribution in [3.8, 4) is 16.8 Å². The lowest BCUT2D eigenvalue weighted by molar-refractivity contribution is -0.625. The first kappa shape index (κ1) is 20.0. The van der Waals surface area contributed by atoms with E-state index in [1.54, 1.807) is 16.7 Å². The largest absolute Gasteiger partial charge is 0.373 e. The van der Waals surface area contributed by atoms with Gasteiger partial charge in [0.25, 0.3) is 5.69 Å². The zero-order valence-corrected chi connectivity index (χ0v) is 17.9. The van der Waals surface area contributed by atoms with Gasteiger partial charge in [0.1, 0.15) is 30.0 Å². The Bertz CT molecular complexity index is 1370. The molecule has 0 N–H and O–H groups in total. The van der Waals surface area contributed by atoms with Crippen LogP contribution in [0, 0.1) is 10.1 Å². The molecule has 0 saturated carbocycles. The minimum Gasteiger partial charge on any atom is -0.258 e. The summed E-state index contributed by atoms with van der Waals surface area (Å²) >= 11 is 4.81. The molecule has 2 heterocycles. The Labute approximate surface area is 189 Å². The van der Waals surface area contributed by atoms with E-state index in [4.69, 9.17) is 12.6 Å². The van der Waals surface area contributed by atoms with Crippen LogP contribution in [0.3, 0.4) is 0 Å². The van der Waals surface area contributed by atoms with Gasteiger partial charge in [-0.2, -0.15) is 9.13 Å². The van der Waals surface area contributed by atoms with Crippen molar-refractivity contribution in [1.82, 2.24) is 4.57 Å². The average molecular weight is 444 g/mol. The van der Waals surface area contributed by atoms with Crippen molar-refractivity contribution in [2.24, 2.45) is 0 Å². The molecule has 5 rings (SSSR count). The number of hydrogen-bond donors (Lipinski definition) is 1. The molecule has 0 unspecified atom stereocenters. The van der Waals surface area contributed by atoms with Gasteiger partial charge in [0.05, 0.1) is 4.92 Å². The van der Waals surface area contributed by atoms with Gasteiger partial charge in [-0.3, -0.25) is 14.9 Å². The van der Waals surface area contributed by atoms with Crippen molar-refractivity contribution >= 4 is 30.0 Å². The van der Waals surface area contributed by atoms with Crippen molar-refractivity contribution in [2.75, 3.05) is 11.4 Å². The highest BCUT2D eigenvalue weighted by atomic mass is 32.1. The van der Waals surface area contributed by atoms with Gasteiger partial charge in [0.2, 0.25) is 0 Å². The predicted octanol–water partition coefficient (Wildman–Crippen LogP) is 4.14. The summed E-state index contributed by atoms with van der Waals surface area (Å²) in [7, 11) is 0. The third-order valence-electron chi connectivity index (χ3n) is 5.57. The second-order valence-electron chi connectivity index (χ2n) is 7.42. The van der Waals surface area contributed by atoms with Gasteiger partial charge in [-0.15, -0.1) is 12.6 Å². The lowest BCUT2D eigenvalue weighted by Gasteiger charge is -2.18. The fourth-order valence-corrected chi connectivity index (χ4v) is 4.52. The molecule has 1 aromatic heterocycles. The van der Waals surface area contributed by atoms with Crippen LogP contribution in [0.2, 0.25) is 0 Å². The molecule has 0 radical (unpaired) electrons. The standard InChI is InChI=1S/C24H18N4O3S/c29-22-21(17-7-3-1-4-8-17)23(32)27(19-11-13-20(14-12-19)28(30)31)24-25(15-16-26(22)24)18-9-5-2-6-10-18/h1-14H,15-16H2/p+1. The van der Waals surface area contributed by atoms with Crippen LogP contribution in [0.5, 0.6) is 0 Å². The van der Waals surface area contributed by atoms with Gasteiger partial charge in [0, 0.05) is 12.1 Å². The Morgan fingerprint density at radius 2 is 1.50 bits per heavy atom. The molecular weight excluding hydrogens is 424 g/mol. The number of aromatic nitrogens is 2. The van der Waals surface area contributed by atoms with Crippen LogP contribution in [0.15, 0.2) is 94.7 Å². The minimum atomic E-state index is -0.429. The van der Waals surface area contributed by atoms with Gasteiger partial charge in [-0.25, -0.2) is 4.90 Å². The Balaban J connectivity index is 1.81. The zero-order valence-electron chi connectivity index (χ0n) is 17.0. The molecular formula is C24H19N4O3S+. The Morgan fingerprint density at radius 1 is 0.875 bits per heavy atom. The molecule has 0 spiro atoms. The molecule has 0 bridgehead atoms. The number of para-hydroxylation sites is 1. The van der Waals surface area contributed by atoms with Crippen LogP contribution in [-0.2, 0) is 6.54 Å². The van der Waals surface area contributed by atoms with Crippen molar-refractivity contribution in [2.45, 2.75) is 11.6 Å². The Hall–Kier alpha value is -3.91. The van der Waals surface area contributed by atoms with Crippen LogP contribution in [-0.4, -0.2) is 16.0 Å². The zero-order chi connectivity index (χ0) is 22.2. The monoisotopic (exact) mass is 443 g/mol. The van der Waals surface area contributed by atoms with Gasteiger partial charge in [-0.05, 0) is 29.8 Å². The van der Waals surface area contributed by atoms with E-state index in [1.807, 2.05) is 65.2 Å². The van der Waals surface area contributed by atoms with Crippen LogP contribution in [0.1, 0.15) is 0 Å². The SMILES string of the molecule is O=c1c(-c2ccccc2)c(S)[n+](-c2ccc([N+](=O)[O-])cc2)c2n1CCN2c1ccccc1. The number of non-ortho nitro benzene ring substituents is 1. The fraction of sp³-hybridized carbons (Fsp3) is 0.0833. The number of fused-ring (bicyclic) bond motifs is 1. The second kappa shape index (κ2) is 7.97. The maximum Gasteiger partial charge on any atom is 0.373 e. The summed E-state index contributed by atoms with van der Waals surface area (Å²) in [6.45, 7) is 1.14. The molecule has 158 valence electrons. The number of hydrogen-bond acceptors (Lipinski definition) is 5. The Kier molecular flexibility index (Phi) is 4.99. The molecule has 0 fully saturated rings. The number of thiol groups is 1. The summed E-state index contributed by atoms with van der Waals surface area (Å²) in [5.41, 5.74) is 2.78. The lowest BCUT2D eigenvalue weighted by Crippen LogP contribution is -2.44. The molecule has 8 heteroatoms. The highest BCUT2D eigenvalue weighted by Gasteiger charge is 2.37. The summed E-state index contributed by atoms with van der Waals surface area (Å²) in [5.74, 6) is 0.666. The van der Waals surface area contributed by atoms with Crippen LogP contribution in [0.25, 0.3) is 16.8 Å². The molecule has 0 atom stereocenters. The molecule has 1 aliphatic rings. The fourth-order valence-electron chi connectivity index (χ4n) is 4.09. The Morgan fingerprint density at radius 3 is 2.12 bits per heavy atom.